The number of carbonyl (C=O) groups is 2. The van der Waals surface area contributed by atoms with Crippen molar-refractivity contribution >= 4 is 34.5 Å². The first-order valence-corrected chi connectivity index (χ1v) is 9.87. The third-order valence-electron chi connectivity index (χ3n) is 4.59. The van der Waals surface area contributed by atoms with E-state index in [-0.39, 0.29) is 27.9 Å². The molecule has 6 nitrogen and oxygen atoms in total. The number of halogens is 2. The molecule has 1 saturated heterocycles. The summed E-state index contributed by atoms with van der Waals surface area (Å²) >= 11 is 0.929. The van der Waals surface area contributed by atoms with Crippen LogP contribution in [-0.2, 0) is 9.59 Å². The number of fused-ring (bicyclic) bond motifs is 1. The van der Waals surface area contributed by atoms with Gasteiger partial charge < -0.3 is 0 Å². The summed E-state index contributed by atoms with van der Waals surface area (Å²) in [4.78, 5) is 42.8. The number of benzene rings is 2. The fourth-order valence-electron chi connectivity index (χ4n) is 3.20. The molecule has 0 bridgehead atoms. The van der Waals surface area contributed by atoms with E-state index < -0.39 is 23.1 Å². The van der Waals surface area contributed by atoms with Gasteiger partial charge in [-0.1, -0.05) is 23.9 Å². The molecule has 3 aromatic rings. The SMILES string of the molecule is O=C1CCCN1C(=O)CSc1nc2ccccc2c(=O)n1-c1ccc(F)cc1F. The van der Waals surface area contributed by atoms with Crippen molar-refractivity contribution in [2.24, 2.45) is 0 Å². The van der Waals surface area contributed by atoms with Crippen molar-refractivity contribution in [3.05, 3.63) is 64.5 Å². The number of para-hydroxylation sites is 1. The van der Waals surface area contributed by atoms with Gasteiger partial charge in [-0.2, -0.15) is 0 Å². The number of nitrogens with zero attached hydrogens (tertiary/aromatic N) is 3. The predicted octanol–water partition coefficient (Wildman–Crippen LogP) is 2.91. The molecule has 0 saturated carbocycles. The van der Waals surface area contributed by atoms with E-state index in [9.17, 15) is 23.2 Å². The number of rotatable bonds is 4. The minimum Gasteiger partial charge on any atom is -0.282 e. The molecule has 1 aromatic heterocycles. The lowest BCUT2D eigenvalue weighted by atomic mass is 10.2. The van der Waals surface area contributed by atoms with Crippen LogP contribution in [0.15, 0.2) is 52.4 Å². The molecule has 0 radical (unpaired) electrons. The summed E-state index contributed by atoms with van der Waals surface area (Å²) < 4.78 is 28.8. The number of thioether (sulfide) groups is 1. The Kier molecular flexibility index (Phi) is 5.14. The molecule has 0 N–H and O–H groups in total. The van der Waals surface area contributed by atoms with Gasteiger partial charge in [0.1, 0.15) is 11.6 Å². The monoisotopic (exact) mass is 415 g/mol. The van der Waals surface area contributed by atoms with Crippen LogP contribution in [0.5, 0.6) is 0 Å². The zero-order valence-corrected chi connectivity index (χ0v) is 15.9. The molecule has 29 heavy (non-hydrogen) atoms. The zero-order valence-electron chi connectivity index (χ0n) is 15.1. The highest BCUT2D eigenvalue weighted by molar-refractivity contribution is 7.99. The summed E-state index contributed by atoms with van der Waals surface area (Å²) in [5.41, 5.74) is -0.307. The summed E-state index contributed by atoms with van der Waals surface area (Å²) in [5.74, 6) is -2.47. The maximum absolute atomic E-state index is 14.4. The Morgan fingerprint density at radius 3 is 2.66 bits per heavy atom. The van der Waals surface area contributed by atoms with Crippen molar-refractivity contribution in [2.75, 3.05) is 12.3 Å². The van der Waals surface area contributed by atoms with E-state index in [1.165, 1.54) is 4.90 Å². The van der Waals surface area contributed by atoms with Gasteiger partial charge in [0.05, 0.1) is 22.3 Å². The summed E-state index contributed by atoms with van der Waals surface area (Å²) in [7, 11) is 0. The second kappa shape index (κ2) is 7.75. The molecule has 148 valence electrons. The second-order valence-electron chi connectivity index (χ2n) is 6.48. The van der Waals surface area contributed by atoms with Gasteiger partial charge in [0.2, 0.25) is 11.8 Å². The van der Waals surface area contributed by atoms with Gasteiger partial charge >= 0.3 is 0 Å². The van der Waals surface area contributed by atoms with Crippen LogP contribution in [-0.4, -0.2) is 38.6 Å². The van der Waals surface area contributed by atoms with Gasteiger partial charge in [-0.15, -0.1) is 0 Å². The van der Waals surface area contributed by atoms with Crippen molar-refractivity contribution in [1.82, 2.24) is 14.5 Å². The van der Waals surface area contributed by atoms with E-state index in [2.05, 4.69) is 4.98 Å². The lowest BCUT2D eigenvalue weighted by molar-refractivity contribution is -0.140. The summed E-state index contributed by atoms with van der Waals surface area (Å²) in [5, 5.41) is 0.348. The Bertz CT molecular complexity index is 1200. The molecule has 0 spiro atoms. The Hall–Kier alpha value is -3.07. The van der Waals surface area contributed by atoms with Gasteiger partial charge in [0, 0.05) is 19.0 Å². The van der Waals surface area contributed by atoms with Crippen LogP contribution in [0, 0.1) is 11.6 Å². The maximum atomic E-state index is 14.4. The molecule has 4 rings (SSSR count). The van der Waals surface area contributed by atoms with E-state index in [1.54, 1.807) is 24.3 Å². The number of aromatic nitrogens is 2. The molecule has 9 heteroatoms. The Morgan fingerprint density at radius 1 is 1.14 bits per heavy atom. The molecule has 0 aliphatic carbocycles. The van der Waals surface area contributed by atoms with Crippen molar-refractivity contribution in [3.63, 3.8) is 0 Å². The largest absolute Gasteiger partial charge is 0.282 e. The fourth-order valence-corrected chi connectivity index (χ4v) is 4.08. The molecule has 1 aliphatic heterocycles. The van der Waals surface area contributed by atoms with E-state index in [4.69, 9.17) is 0 Å². The third kappa shape index (κ3) is 3.65. The Labute approximate surface area is 168 Å². The molecule has 2 amide bonds. The lowest BCUT2D eigenvalue weighted by Gasteiger charge is -2.16. The highest BCUT2D eigenvalue weighted by atomic mass is 32.2. The van der Waals surface area contributed by atoms with Crippen LogP contribution in [0.2, 0.25) is 0 Å². The summed E-state index contributed by atoms with van der Waals surface area (Å²) in [6.45, 7) is 0.364. The molecule has 0 atom stereocenters. The van der Waals surface area contributed by atoms with Crippen LogP contribution in [0.1, 0.15) is 12.8 Å². The fraction of sp³-hybridized carbons (Fsp3) is 0.200. The Morgan fingerprint density at radius 2 is 1.93 bits per heavy atom. The maximum Gasteiger partial charge on any atom is 0.266 e. The van der Waals surface area contributed by atoms with Crippen LogP contribution < -0.4 is 5.56 Å². The summed E-state index contributed by atoms with van der Waals surface area (Å²) in [6.07, 6.45) is 0.949. The van der Waals surface area contributed by atoms with E-state index in [0.717, 1.165) is 28.5 Å². The van der Waals surface area contributed by atoms with Gasteiger partial charge in [-0.3, -0.25) is 23.9 Å². The normalized spacial score (nSPS) is 14.0. The second-order valence-corrected chi connectivity index (χ2v) is 7.42. The van der Waals surface area contributed by atoms with Crippen molar-refractivity contribution in [2.45, 2.75) is 18.0 Å². The number of likely N-dealkylation sites (tertiary alicyclic amines) is 1. The van der Waals surface area contributed by atoms with Crippen molar-refractivity contribution in [1.29, 1.82) is 0 Å². The van der Waals surface area contributed by atoms with Gasteiger partial charge in [-0.05, 0) is 30.7 Å². The zero-order chi connectivity index (χ0) is 20.5. The minimum atomic E-state index is -0.924. The minimum absolute atomic E-state index is 0.0826. The van der Waals surface area contributed by atoms with E-state index >= 15 is 0 Å². The van der Waals surface area contributed by atoms with Crippen LogP contribution in [0.3, 0.4) is 0 Å². The number of hydrogen-bond donors (Lipinski definition) is 0. The first-order chi connectivity index (χ1) is 14.0. The van der Waals surface area contributed by atoms with Crippen LogP contribution >= 0.6 is 11.8 Å². The average molecular weight is 415 g/mol. The van der Waals surface area contributed by atoms with E-state index in [1.807, 2.05) is 0 Å². The predicted molar refractivity (Wildman–Crippen MR) is 104 cm³/mol. The first-order valence-electron chi connectivity index (χ1n) is 8.89. The lowest BCUT2D eigenvalue weighted by Crippen LogP contribution is -2.33. The smallest absolute Gasteiger partial charge is 0.266 e. The van der Waals surface area contributed by atoms with Gasteiger partial charge in [0.15, 0.2) is 5.16 Å². The molecular weight excluding hydrogens is 400 g/mol. The number of hydrogen-bond acceptors (Lipinski definition) is 5. The topological polar surface area (TPSA) is 72.3 Å². The summed E-state index contributed by atoms with van der Waals surface area (Å²) in [6, 6.07) is 9.44. The highest BCUT2D eigenvalue weighted by Crippen LogP contribution is 2.24. The van der Waals surface area contributed by atoms with Crippen LogP contribution in [0.25, 0.3) is 16.6 Å². The molecule has 2 heterocycles. The molecule has 2 aromatic carbocycles. The molecule has 1 aliphatic rings. The highest BCUT2D eigenvalue weighted by Gasteiger charge is 2.27. The molecule has 0 unspecified atom stereocenters. The average Bonchev–Trinajstić information content (AvgIpc) is 3.13. The van der Waals surface area contributed by atoms with Gasteiger partial charge in [-0.25, -0.2) is 13.8 Å². The standard InChI is InChI=1S/C20H15F2N3O3S/c21-12-7-8-16(14(22)10-12)25-19(28)13-4-1-2-5-15(13)23-20(25)29-11-18(27)24-9-3-6-17(24)26/h1-2,4-5,7-8,10H,3,6,9,11H2. The number of carbonyl (C=O) groups excluding carboxylic acids is 2. The quantitative estimate of drug-likeness (QED) is 0.484. The molecule has 1 fully saturated rings. The number of amides is 2. The molecular formula is C20H15F2N3O3S. The Balaban J connectivity index is 1.78. The number of imide groups is 1. The van der Waals surface area contributed by atoms with Crippen LogP contribution in [0.4, 0.5) is 8.78 Å². The van der Waals surface area contributed by atoms with Crippen molar-refractivity contribution in [3.8, 4) is 5.69 Å². The third-order valence-corrected chi connectivity index (χ3v) is 5.52. The van der Waals surface area contributed by atoms with Gasteiger partial charge in [0.25, 0.3) is 5.56 Å². The first kappa shape index (κ1) is 19.3. The van der Waals surface area contributed by atoms with E-state index in [0.29, 0.717) is 31.0 Å². The van der Waals surface area contributed by atoms with Crippen molar-refractivity contribution < 1.29 is 18.4 Å².